The topological polar surface area (TPSA) is 33.6 Å². The molecule has 0 saturated carbocycles. The standard InChI is InChI=1S/C23H15N3/c1-3-9-19-15(7-1)17-14-22-18(13-20(17)25-19)16-8-2-4-10-21(16)26(22)23-11-5-6-12-24-23/h1-14,25H. The minimum Gasteiger partial charge on any atom is -0.354 e. The van der Waals surface area contributed by atoms with E-state index in [0.29, 0.717) is 0 Å². The van der Waals surface area contributed by atoms with Gasteiger partial charge >= 0.3 is 0 Å². The third kappa shape index (κ3) is 1.74. The van der Waals surface area contributed by atoms with Gasteiger partial charge in [-0.2, -0.15) is 0 Å². The van der Waals surface area contributed by atoms with Gasteiger partial charge in [-0.25, -0.2) is 4.98 Å². The van der Waals surface area contributed by atoms with E-state index in [4.69, 9.17) is 0 Å². The van der Waals surface area contributed by atoms with Crippen LogP contribution < -0.4 is 0 Å². The fourth-order valence-corrected chi connectivity index (χ4v) is 4.05. The molecule has 0 radical (unpaired) electrons. The molecule has 0 saturated heterocycles. The summed E-state index contributed by atoms with van der Waals surface area (Å²) in [6.07, 6.45) is 1.85. The second kappa shape index (κ2) is 4.96. The molecule has 3 aromatic heterocycles. The highest BCUT2D eigenvalue weighted by Gasteiger charge is 2.15. The van der Waals surface area contributed by atoms with Gasteiger partial charge in [0.15, 0.2) is 0 Å². The zero-order chi connectivity index (χ0) is 17.1. The molecule has 0 fully saturated rings. The van der Waals surface area contributed by atoms with Gasteiger partial charge in [0.1, 0.15) is 5.82 Å². The average molecular weight is 333 g/mol. The second-order valence-electron chi connectivity index (χ2n) is 6.63. The number of H-pyrrole nitrogens is 1. The van der Waals surface area contributed by atoms with Crippen LogP contribution in [-0.4, -0.2) is 14.5 Å². The lowest BCUT2D eigenvalue weighted by atomic mass is 10.1. The van der Waals surface area contributed by atoms with Gasteiger partial charge in [-0.3, -0.25) is 4.57 Å². The van der Waals surface area contributed by atoms with Crippen molar-refractivity contribution in [2.24, 2.45) is 0 Å². The molecule has 3 aromatic carbocycles. The summed E-state index contributed by atoms with van der Waals surface area (Å²) in [6, 6.07) is 27.6. The van der Waals surface area contributed by atoms with Gasteiger partial charge in [0.25, 0.3) is 0 Å². The molecule has 0 spiro atoms. The molecular formula is C23H15N3. The first-order valence-corrected chi connectivity index (χ1v) is 8.75. The molecule has 26 heavy (non-hydrogen) atoms. The number of hydrogen-bond donors (Lipinski definition) is 1. The van der Waals surface area contributed by atoms with E-state index in [1.54, 1.807) is 0 Å². The Kier molecular flexibility index (Phi) is 2.61. The number of aromatic amines is 1. The van der Waals surface area contributed by atoms with Gasteiger partial charge in [0, 0.05) is 38.8 Å². The van der Waals surface area contributed by atoms with Crippen LogP contribution >= 0.6 is 0 Å². The Morgan fingerprint density at radius 3 is 2.31 bits per heavy atom. The largest absolute Gasteiger partial charge is 0.354 e. The van der Waals surface area contributed by atoms with Crippen LogP contribution in [0.4, 0.5) is 0 Å². The lowest BCUT2D eigenvalue weighted by Gasteiger charge is -2.06. The molecule has 3 nitrogen and oxygen atoms in total. The fourth-order valence-electron chi connectivity index (χ4n) is 4.05. The minimum absolute atomic E-state index is 0.942. The summed E-state index contributed by atoms with van der Waals surface area (Å²) in [5.74, 6) is 0.942. The van der Waals surface area contributed by atoms with Crippen molar-refractivity contribution in [1.82, 2.24) is 14.5 Å². The van der Waals surface area contributed by atoms with Gasteiger partial charge in [-0.1, -0.05) is 42.5 Å². The maximum Gasteiger partial charge on any atom is 0.137 e. The monoisotopic (exact) mass is 333 g/mol. The molecule has 0 bridgehead atoms. The number of pyridine rings is 1. The molecule has 1 N–H and O–H groups in total. The van der Waals surface area contributed by atoms with Crippen molar-refractivity contribution in [1.29, 1.82) is 0 Å². The highest BCUT2D eigenvalue weighted by molar-refractivity contribution is 6.17. The van der Waals surface area contributed by atoms with E-state index in [-0.39, 0.29) is 0 Å². The summed E-state index contributed by atoms with van der Waals surface area (Å²) in [4.78, 5) is 8.17. The number of benzene rings is 3. The number of hydrogen-bond acceptors (Lipinski definition) is 1. The average Bonchev–Trinajstić information content (AvgIpc) is 3.22. The Labute approximate surface area is 149 Å². The maximum absolute atomic E-state index is 4.61. The van der Waals surface area contributed by atoms with Crippen molar-refractivity contribution < 1.29 is 0 Å². The summed E-state index contributed by atoms with van der Waals surface area (Å²) in [6.45, 7) is 0. The van der Waals surface area contributed by atoms with E-state index in [2.05, 4.69) is 81.3 Å². The molecule has 0 aliphatic carbocycles. The van der Waals surface area contributed by atoms with Gasteiger partial charge < -0.3 is 4.98 Å². The summed E-state index contributed by atoms with van der Waals surface area (Å²) in [5, 5.41) is 4.98. The normalized spacial score (nSPS) is 11.8. The third-order valence-electron chi connectivity index (χ3n) is 5.18. The zero-order valence-electron chi connectivity index (χ0n) is 14.0. The predicted octanol–water partition coefficient (Wildman–Crippen LogP) is 5.81. The highest BCUT2D eigenvalue weighted by atomic mass is 15.1. The molecule has 0 unspecified atom stereocenters. The summed E-state index contributed by atoms with van der Waals surface area (Å²) < 4.78 is 2.26. The molecule has 6 rings (SSSR count). The van der Waals surface area contributed by atoms with Crippen LogP contribution in [0.1, 0.15) is 0 Å². The second-order valence-corrected chi connectivity index (χ2v) is 6.63. The smallest absolute Gasteiger partial charge is 0.137 e. The molecule has 0 amide bonds. The maximum atomic E-state index is 4.61. The molecule has 3 heteroatoms. The van der Waals surface area contributed by atoms with E-state index in [0.717, 1.165) is 5.82 Å². The number of para-hydroxylation sites is 2. The molecule has 6 aromatic rings. The lowest BCUT2D eigenvalue weighted by molar-refractivity contribution is 1.08. The Bertz CT molecular complexity index is 1420. The van der Waals surface area contributed by atoms with E-state index in [9.17, 15) is 0 Å². The first-order chi connectivity index (χ1) is 12.9. The van der Waals surface area contributed by atoms with Crippen molar-refractivity contribution in [2.75, 3.05) is 0 Å². The van der Waals surface area contributed by atoms with E-state index in [1.807, 2.05) is 18.3 Å². The van der Waals surface area contributed by atoms with Crippen LogP contribution in [0.25, 0.3) is 49.4 Å². The SMILES string of the molecule is c1ccc(-n2c3ccccc3c3cc4[nH]c5ccccc5c4cc32)nc1. The third-order valence-corrected chi connectivity index (χ3v) is 5.18. The fraction of sp³-hybridized carbons (Fsp3) is 0. The van der Waals surface area contributed by atoms with Crippen LogP contribution in [0.2, 0.25) is 0 Å². The van der Waals surface area contributed by atoms with Gasteiger partial charge in [-0.05, 0) is 36.4 Å². The molecule has 0 atom stereocenters. The molecule has 3 heterocycles. The summed E-state index contributed by atoms with van der Waals surface area (Å²) in [7, 11) is 0. The van der Waals surface area contributed by atoms with Crippen LogP contribution in [0.3, 0.4) is 0 Å². The summed E-state index contributed by atoms with van der Waals surface area (Å²) >= 11 is 0. The van der Waals surface area contributed by atoms with Crippen molar-refractivity contribution in [3.63, 3.8) is 0 Å². The highest BCUT2D eigenvalue weighted by Crippen LogP contribution is 2.36. The Balaban J connectivity index is 1.86. The number of fused-ring (bicyclic) bond motifs is 6. The van der Waals surface area contributed by atoms with E-state index < -0.39 is 0 Å². The Morgan fingerprint density at radius 2 is 1.42 bits per heavy atom. The molecule has 0 aliphatic rings. The molecular weight excluding hydrogens is 318 g/mol. The van der Waals surface area contributed by atoms with Crippen LogP contribution in [0.15, 0.2) is 85.1 Å². The first-order valence-electron chi connectivity index (χ1n) is 8.75. The molecule has 0 aliphatic heterocycles. The van der Waals surface area contributed by atoms with Gasteiger partial charge in [0.05, 0.1) is 11.0 Å². The number of nitrogens with zero attached hydrogens (tertiary/aromatic N) is 2. The van der Waals surface area contributed by atoms with Crippen LogP contribution in [-0.2, 0) is 0 Å². The van der Waals surface area contributed by atoms with Crippen molar-refractivity contribution in [3.8, 4) is 5.82 Å². The quantitative estimate of drug-likeness (QED) is 0.404. The lowest BCUT2D eigenvalue weighted by Crippen LogP contribution is -1.95. The number of nitrogens with one attached hydrogen (secondary N) is 1. The van der Waals surface area contributed by atoms with Crippen LogP contribution in [0.5, 0.6) is 0 Å². The zero-order valence-corrected chi connectivity index (χ0v) is 14.0. The van der Waals surface area contributed by atoms with Gasteiger partial charge in [-0.15, -0.1) is 0 Å². The predicted molar refractivity (Wildman–Crippen MR) is 108 cm³/mol. The van der Waals surface area contributed by atoms with Crippen molar-refractivity contribution >= 4 is 43.6 Å². The minimum atomic E-state index is 0.942. The van der Waals surface area contributed by atoms with Gasteiger partial charge in [0.2, 0.25) is 0 Å². The summed E-state index contributed by atoms with van der Waals surface area (Å²) in [5.41, 5.74) is 4.70. The van der Waals surface area contributed by atoms with E-state index >= 15 is 0 Å². The molecule has 122 valence electrons. The van der Waals surface area contributed by atoms with Crippen molar-refractivity contribution in [2.45, 2.75) is 0 Å². The Hall–Kier alpha value is -3.59. The number of rotatable bonds is 1. The number of aromatic nitrogens is 3. The first kappa shape index (κ1) is 13.7. The van der Waals surface area contributed by atoms with Crippen LogP contribution in [0, 0.1) is 0 Å². The van der Waals surface area contributed by atoms with Crippen molar-refractivity contribution in [3.05, 3.63) is 85.1 Å². The van der Waals surface area contributed by atoms with E-state index in [1.165, 1.54) is 43.6 Å². The Morgan fingerprint density at radius 1 is 0.615 bits per heavy atom.